The Balaban J connectivity index is 0.935. The summed E-state index contributed by atoms with van der Waals surface area (Å²) in [6.07, 6.45) is 6.37. The van der Waals surface area contributed by atoms with E-state index in [4.69, 9.17) is 13.8 Å². The SMILES string of the molecule is C1=Cc2c(oc3c2c2c(c4cc(-c5ccc6c(c5)c5ccccc5n6-c5ccc(-c6cccc7c6oc6ccccc67)cc5)ccc4n2-c2ccccc2)c2nc4ccccc4n23)CC1. The molecule has 0 fully saturated rings. The summed E-state index contributed by atoms with van der Waals surface area (Å²) in [6.45, 7) is 0. The van der Waals surface area contributed by atoms with E-state index in [9.17, 15) is 0 Å². The molecule has 6 aromatic heterocycles. The quantitative estimate of drug-likeness (QED) is 0.177. The zero-order valence-corrected chi connectivity index (χ0v) is 35.0. The number of allylic oxidation sites excluding steroid dienone is 1. The molecular weight excluding hydrogens is 797 g/mol. The number of rotatable bonds is 4. The number of pyridine rings is 1. The third-order valence-corrected chi connectivity index (χ3v) is 13.9. The summed E-state index contributed by atoms with van der Waals surface area (Å²) < 4.78 is 20.4. The lowest BCUT2D eigenvalue weighted by molar-refractivity contribution is 0.535. The minimum absolute atomic E-state index is 0.845. The van der Waals surface area contributed by atoms with Crippen LogP contribution in [-0.4, -0.2) is 18.5 Å². The van der Waals surface area contributed by atoms with Crippen LogP contribution in [-0.2, 0) is 6.42 Å². The maximum absolute atomic E-state index is 6.87. The molecule has 0 saturated carbocycles. The van der Waals surface area contributed by atoms with Gasteiger partial charge in [-0.1, -0.05) is 121 Å². The second-order valence-corrected chi connectivity index (χ2v) is 17.4. The van der Waals surface area contributed by atoms with Crippen molar-refractivity contribution in [2.24, 2.45) is 0 Å². The maximum Gasteiger partial charge on any atom is 0.216 e. The van der Waals surface area contributed by atoms with Gasteiger partial charge >= 0.3 is 0 Å². The molecule has 0 bridgehead atoms. The van der Waals surface area contributed by atoms with E-state index in [1.54, 1.807) is 0 Å². The largest absolute Gasteiger partial charge is 0.455 e. The summed E-state index contributed by atoms with van der Waals surface area (Å²) in [5.41, 5.74) is 18.0. The Hall–Kier alpha value is -8.61. The van der Waals surface area contributed by atoms with Crippen LogP contribution in [0.3, 0.4) is 0 Å². The standard InChI is InChI=1S/C59H36N4O2/c1-2-13-38(14-3-1)62-50-32-28-37(34-46(50)54-56(62)55-44-17-6-11-24-53(44)65-59(55)63-51-22-9-7-20-47(51)60-58(54)63)36-27-31-49-45(33-36)41-15-4-8-21-48(41)61(49)39-29-25-35(26-30-39)40-18-12-19-43-42-16-5-10-23-52(42)64-57(40)43/h1-10,12-23,25-34H,11,24H2. The molecule has 15 rings (SSSR count). The van der Waals surface area contributed by atoms with Crippen LogP contribution in [0.5, 0.6) is 0 Å². The number of furan rings is 2. The molecule has 65 heavy (non-hydrogen) atoms. The molecule has 1 aliphatic rings. The Bertz CT molecular complexity index is 4340. The van der Waals surface area contributed by atoms with Crippen molar-refractivity contribution in [3.05, 3.63) is 199 Å². The number of para-hydroxylation sites is 6. The molecule has 0 unspecified atom stereocenters. The monoisotopic (exact) mass is 832 g/mol. The molecule has 14 aromatic rings. The fraction of sp³-hybridized carbons (Fsp3) is 0.0339. The van der Waals surface area contributed by atoms with Crippen LogP contribution in [0, 0.1) is 0 Å². The number of aryl methyl sites for hydroxylation is 1. The number of nitrogens with zero attached hydrogens (tertiary/aromatic N) is 4. The number of hydrogen-bond acceptors (Lipinski definition) is 3. The molecule has 6 heterocycles. The van der Waals surface area contributed by atoms with Crippen LogP contribution in [0.25, 0.3) is 133 Å². The summed E-state index contributed by atoms with van der Waals surface area (Å²) in [5.74, 6) is 1.03. The van der Waals surface area contributed by atoms with Gasteiger partial charge < -0.3 is 18.0 Å². The molecule has 1 aliphatic carbocycles. The molecule has 0 aliphatic heterocycles. The van der Waals surface area contributed by atoms with E-state index in [-0.39, 0.29) is 0 Å². The van der Waals surface area contributed by atoms with Gasteiger partial charge in [-0.05, 0) is 95.9 Å². The number of fused-ring (bicyclic) bond motifs is 18. The first kappa shape index (κ1) is 34.9. The average molecular weight is 833 g/mol. The minimum Gasteiger partial charge on any atom is -0.455 e. The first-order valence-corrected chi connectivity index (χ1v) is 22.3. The molecule has 0 amide bonds. The Kier molecular flexibility index (Phi) is 6.97. The van der Waals surface area contributed by atoms with E-state index in [0.29, 0.717) is 0 Å². The number of benzene rings is 8. The average Bonchev–Trinajstić information content (AvgIpc) is 4.18. The minimum atomic E-state index is 0.845. The van der Waals surface area contributed by atoms with E-state index in [1.165, 1.54) is 16.3 Å². The van der Waals surface area contributed by atoms with Gasteiger partial charge in [0.05, 0.1) is 43.9 Å². The van der Waals surface area contributed by atoms with Crippen LogP contribution >= 0.6 is 0 Å². The van der Waals surface area contributed by atoms with Crippen molar-refractivity contribution in [2.75, 3.05) is 0 Å². The lowest BCUT2D eigenvalue weighted by atomic mass is 10.00. The van der Waals surface area contributed by atoms with Crippen molar-refractivity contribution in [3.8, 4) is 33.6 Å². The molecule has 304 valence electrons. The van der Waals surface area contributed by atoms with E-state index < -0.39 is 0 Å². The fourth-order valence-electron chi connectivity index (χ4n) is 11.0. The van der Waals surface area contributed by atoms with E-state index >= 15 is 0 Å². The Morgan fingerprint density at radius 3 is 2.02 bits per heavy atom. The summed E-state index contributed by atoms with van der Waals surface area (Å²) in [5, 5.41) is 8.09. The highest BCUT2D eigenvalue weighted by molar-refractivity contribution is 6.26. The first-order chi connectivity index (χ1) is 32.2. The van der Waals surface area contributed by atoms with Gasteiger partial charge in [0.15, 0.2) is 5.65 Å². The van der Waals surface area contributed by atoms with E-state index in [2.05, 4.69) is 196 Å². The second kappa shape index (κ2) is 13.0. The number of hydrogen-bond donors (Lipinski definition) is 0. The predicted octanol–water partition coefficient (Wildman–Crippen LogP) is 15.6. The highest BCUT2D eigenvalue weighted by atomic mass is 16.3. The van der Waals surface area contributed by atoms with Crippen molar-refractivity contribution < 1.29 is 8.83 Å². The van der Waals surface area contributed by atoms with Crippen LogP contribution in [0.15, 0.2) is 197 Å². The summed E-state index contributed by atoms with van der Waals surface area (Å²) >= 11 is 0. The van der Waals surface area contributed by atoms with Crippen molar-refractivity contribution in [2.45, 2.75) is 12.8 Å². The van der Waals surface area contributed by atoms with Gasteiger partial charge in [0.1, 0.15) is 16.9 Å². The number of aromatic nitrogens is 4. The third kappa shape index (κ3) is 4.80. The topological polar surface area (TPSA) is 53.4 Å². The summed E-state index contributed by atoms with van der Waals surface area (Å²) in [7, 11) is 0. The van der Waals surface area contributed by atoms with Crippen molar-refractivity contribution in [1.82, 2.24) is 18.5 Å². The van der Waals surface area contributed by atoms with Gasteiger partial charge in [-0.15, -0.1) is 0 Å². The molecule has 0 N–H and O–H groups in total. The smallest absolute Gasteiger partial charge is 0.216 e. The second-order valence-electron chi connectivity index (χ2n) is 17.4. The van der Waals surface area contributed by atoms with Gasteiger partial charge in [0, 0.05) is 55.9 Å². The molecule has 0 atom stereocenters. The normalized spacial score (nSPS) is 13.0. The predicted molar refractivity (Wildman–Crippen MR) is 267 cm³/mol. The first-order valence-electron chi connectivity index (χ1n) is 22.3. The highest BCUT2D eigenvalue weighted by Gasteiger charge is 2.28. The van der Waals surface area contributed by atoms with Crippen molar-refractivity contribution in [1.29, 1.82) is 0 Å². The summed E-state index contributed by atoms with van der Waals surface area (Å²) in [6, 6.07) is 65.4. The molecule has 6 nitrogen and oxygen atoms in total. The van der Waals surface area contributed by atoms with Gasteiger partial charge in [-0.2, -0.15) is 0 Å². The summed E-state index contributed by atoms with van der Waals surface area (Å²) in [4.78, 5) is 5.37. The molecular formula is C59H36N4O2. The molecule has 0 saturated heterocycles. The third-order valence-electron chi connectivity index (χ3n) is 13.9. The van der Waals surface area contributed by atoms with Crippen molar-refractivity contribution >= 4 is 99.4 Å². The zero-order valence-electron chi connectivity index (χ0n) is 35.0. The van der Waals surface area contributed by atoms with Crippen LogP contribution < -0.4 is 0 Å². The van der Waals surface area contributed by atoms with Gasteiger partial charge in [-0.3, -0.25) is 4.40 Å². The van der Waals surface area contributed by atoms with E-state index in [1.807, 2.05) is 12.1 Å². The lowest BCUT2D eigenvalue weighted by Gasteiger charge is -2.11. The number of imidazole rings is 1. The molecule has 0 radical (unpaired) electrons. The zero-order chi connectivity index (χ0) is 42.3. The maximum atomic E-state index is 6.87. The van der Waals surface area contributed by atoms with E-state index in [0.717, 1.165) is 135 Å². The molecule has 0 spiro atoms. The van der Waals surface area contributed by atoms with Crippen LogP contribution in [0.1, 0.15) is 17.7 Å². The van der Waals surface area contributed by atoms with Crippen molar-refractivity contribution in [3.63, 3.8) is 0 Å². The molecule has 6 heteroatoms. The Morgan fingerprint density at radius 1 is 0.477 bits per heavy atom. The van der Waals surface area contributed by atoms with Gasteiger partial charge in [0.2, 0.25) is 5.71 Å². The van der Waals surface area contributed by atoms with Crippen LogP contribution in [0.2, 0.25) is 0 Å². The lowest BCUT2D eigenvalue weighted by Crippen LogP contribution is -1.96. The highest BCUT2D eigenvalue weighted by Crippen LogP contribution is 2.46. The molecule has 8 aromatic carbocycles. The van der Waals surface area contributed by atoms with Crippen LogP contribution in [0.4, 0.5) is 0 Å². The fourth-order valence-corrected chi connectivity index (χ4v) is 11.0. The Labute approximate surface area is 371 Å². The van der Waals surface area contributed by atoms with Gasteiger partial charge in [-0.25, -0.2) is 4.98 Å². The Morgan fingerprint density at radius 2 is 1.15 bits per heavy atom. The van der Waals surface area contributed by atoms with Gasteiger partial charge in [0.25, 0.3) is 0 Å².